The number of amides is 1. The van der Waals surface area contributed by atoms with Crippen LogP contribution >= 0.6 is 0 Å². The largest absolute Gasteiger partial charge is 0.497 e. The van der Waals surface area contributed by atoms with Crippen LogP contribution in [0.3, 0.4) is 0 Å². The van der Waals surface area contributed by atoms with E-state index in [4.69, 9.17) is 10.5 Å². The molecule has 0 aliphatic rings. The number of methoxy groups -OCH3 is 1. The second-order valence-electron chi connectivity index (χ2n) is 4.27. The number of nitrogens with one attached hydrogen (secondary N) is 1. The average molecular weight is 274 g/mol. The van der Waals surface area contributed by atoms with Gasteiger partial charge in [-0.2, -0.15) is 0 Å². The molecule has 4 nitrogen and oxygen atoms in total. The third kappa shape index (κ3) is 3.26. The summed E-state index contributed by atoms with van der Waals surface area (Å²) in [6, 6.07) is 12.0. The Labute approximate surface area is 116 Å². The summed E-state index contributed by atoms with van der Waals surface area (Å²) in [4.78, 5) is 11.6. The van der Waals surface area contributed by atoms with Gasteiger partial charge in [0.15, 0.2) is 0 Å². The first-order chi connectivity index (χ1) is 9.60. The highest BCUT2D eigenvalue weighted by Crippen LogP contribution is 2.23. The number of hydrogen-bond donors (Lipinski definition) is 2. The van der Waals surface area contributed by atoms with Crippen LogP contribution < -0.4 is 15.8 Å². The third-order valence-corrected chi connectivity index (χ3v) is 2.85. The summed E-state index contributed by atoms with van der Waals surface area (Å²) >= 11 is 0. The monoisotopic (exact) mass is 274 g/mol. The van der Waals surface area contributed by atoms with Gasteiger partial charge in [-0.1, -0.05) is 18.2 Å². The van der Waals surface area contributed by atoms with E-state index in [2.05, 4.69) is 5.32 Å². The summed E-state index contributed by atoms with van der Waals surface area (Å²) in [5, 5.41) is 2.98. The lowest BCUT2D eigenvalue weighted by atomic mass is 10.1. The fourth-order valence-corrected chi connectivity index (χ4v) is 1.88. The molecule has 0 aromatic heterocycles. The van der Waals surface area contributed by atoms with Crippen molar-refractivity contribution in [1.29, 1.82) is 0 Å². The number of primary amides is 1. The molecule has 0 aliphatic heterocycles. The number of halogens is 1. The van der Waals surface area contributed by atoms with Crippen LogP contribution in [0.4, 0.5) is 10.1 Å². The number of nitrogens with two attached hydrogens (primary N) is 1. The van der Waals surface area contributed by atoms with Crippen molar-refractivity contribution in [2.75, 3.05) is 12.4 Å². The van der Waals surface area contributed by atoms with Crippen molar-refractivity contribution >= 4 is 11.6 Å². The standard InChI is InChI=1S/C15H15FN2O2/c1-20-13-7-3-6-12(9-13)18-14(15(17)19)10-4-2-5-11(16)8-10/h2-9,14,18H,1H3,(H2,17,19). The number of rotatable bonds is 5. The maximum atomic E-state index is 13.2. The highest BCUT2D eigenvalue weighted by Gasteiger charge is 2.18. The van der Waals surface area contributed by atoms with E-state index in [-0.39, 0.29) is 0 Å². The topological polar surface area (TPSA) is 64.3 Å². The third-order valence-electron chi connectivity index (χ3n) is 2.85. The zero-order valence-electron chi connectivity index (χ0n) is 11.0. The van der Waals surface area contributed by atoms with Gasteiger partial charge in [-0.15, -0.1) is 0 Å². The van der Waals surface area contributed by atoms with Crippen LogP contribution in [0.5, 0.6) is 5.75 Å². The van der Waals surface area contributed by atoms with Gasteiger partial charge in [0.1, 0.15) is 17.6 Å². The smallest absolute Gasteiger partial charge is 0.244 e. The zero-order chi connectivity index (χ0) is 14.5. The van der Waals surface area contributed by atoms with E-state index in [0.717, 1.165) is 0 Å². The molecule has 0 radical (unpaired) electrons. The maximum absolute atomic E-state index is 13.2. The van der Waals surface area contributed by atoms with Crippen molar-refractivity contribution in [2.24, 2.45) is 5.73 Å². The number of carbonyl (C=O) groups excluding carboxylic acids is 1. The van der Waals surface area contributed by atoms with Gasteiger partial charge in [-0.3, -0.25) is 4.79 Å². The van der Waals surface area contributed by atoms with Crippen molar-refractivity contribution in [3.8, 4) is 5.75 Å². The highest BCUT2D eigenvalue weighted by molar-refractivity contribution is 5.84. The molecule has 0 aliphatic carbocycles. The summed E-state index contributed by atoms with van der Waals surface area (Å²) < 4.78 is 18.4. The summed E-state index contributed by atoms with van der Waals surface area (Å²) in [5.41, 5.74) is 6.52. The van der Waals surface area contributed by atoms with E-state index in [1.807, 2.05) is 0 Å². The summed E-state index contributed by atoms with van der Waals surface area (Å²) in [5.74, 6) is -0.350. The summed E-state index contributed by atoms with van der Waals surface area (Å²) in [6.07, 6.45) is 0. The first kappa shape index (κ1) is 13.9. The van der Waals surface area contributed by atoms with Gasteiger partial charge < -0.3 is 15.8 Å². The Balaban J connectivity index is 2.28. The first-order valence-corrected chi connectivity index (χ1v) is 6.05. The van der Waals surface area contributed by atoms with Crippen molar-refractivity contribution < 1.29 is 13.9 Å². The molecule has 0 fully saturated rings. The SMILES string of the molecule is COc1cccc(NC(C(N)=O)c2cccc(F)c2)c1. The Bertz CT molecular complexity index is 616. The molecule has 0 saturated carbocycles. The lowest BCUT2D eigenvalue weighted by molar-refractivity contribution is -0.118. The van der Waals surface area contributed by atoms with E-state index in [9.17, 15) is 9.18 Å². The quantitative estimate of drug-likeness (QED) is 0.880. The Morgan fingerprint density at radius 3 is 2.65 bits per heavy atom. The molecule has 1 unspecified atom stereocenters. The van der Waals surface area contributed by atoms with Crippen molar-refractivity contribution in [2.45, 2.75) is 6.04 Å². The molecular formula is C15H15FN2O2. The number of anilines is 1. The van der Waals surface area contributed by atoms with Crippen LogP contribution in [0, 0.1) is 5.82 Å². The fraction of sp³-hybridized carbons (Fsp3) is 0.133. The van der Waals surface area contributed by atoms with Crippen LogP contribution in [0.2, 0.25) is 0 Å². The van der Waals surface area contributed by atoms with Gasteiger partial charge >= 0.3 is 0 Å². The minimum Gasteiger partial charge on any atom is -0.497 e. The van der Waals surface area contributed by atoms with Crippen molar-refractivity contribution in [3.63, 3.8) is 0 Å². The van der Waals surface area contributed by atoms with Crippen LogP contribution in [-0.4, -0.2) is 13.0 Å². The van der Waals surface area contributed by atoms with E-state index >= 15 is 0 Å². The van der Waals surface area contributed by atoms with E-state index in [1.54, 1.807) is 37.4 Å². The van der Waals surface area contributed by atoms with Crippen molar-refractivity contribution in [1.82, 2.24) is 0 Å². The molecule has 1 amide bonds. The number of hydrogen-bond acceptors (Lipinski definition) is 3. The lowest BCUT2D eigenvalue weighted by Crippen LogP contribution is -2.27. The summed E-state index contributed by atoms with van der Waals surface area (Å²) in [6.45, 7) is 0. The molecule has 2 rings (SSSR count). The number of benzene rings is 2. The number of carbonyl (C=O) groups is 1. The molecule has 2 aromatic rings. The minimum absolute atomic E-state index is 0.416. The van der Waals surface area contributed by atoms with E-state index in [0.29, 0.717) is 17.0 Å². The molecular weight excluding hydrogens is 259 g/mol. The molecule has 104 valence electrons. The molecule has 0 heterocycles. The van der Waals surface area contributed by atoms with Gasteiger partial charge in [0.05, 0.1) is 7.11 Å². The van der Waals surface area contributed by atoms with E-state index in [1.165, 1.54) is 18.2 Å². The van der Waals surface area contributed by atoms with Gasteiger partial charge in [0.2, 0.25) is 5.91 Å². The molecule has 5 heteroatoms. The molecule has 0 spiro atoms. The molecule has 2 aromatic carbocycles. The fourth-order valence-electron chi connectivity index (χ4n) is 1.88. The van der Waals surface area contributed by atoms with Crippen molar-refractivity contribution in [3.05, 3.63) is 59.9 Å². The molecule has 20 heavy (non-hydrogen) atoms. The molecule has 0 bridgehead atoms. The molecule has 0 saturated heterocycles. The predicted molar refractivity (Wildman–Crippen MR) is 75.0 cm³/mol. The maximum Gasteiger partial charge on any atom is 0.244 e. The normalized spacial score (nSPS) is 11.7. The second kappa shape index (κ2) is 6.06. The molecule has 3 N–H and O–H groups in total. The van der Waals surface area contributed by atoms with Gasteiger partial charge in [0, 0.05) is 11.8 Å². The minimum atomic E-state index is -0.808. The Morgan fingerprint density at radius 2 is 2.00 bits per heavy atom. The van der Waals surface area contributed by atoms with E-state index < -0.39 is 17.8 Å². The Hall–Kier alpha value is -2.56. The van der Waals surface area contributed by atoms with Gasteiger partial charge in [-0.05, 0) is 29.8 Å². The lowest BCUT2D eigenvalue weighted by Gasteiger charge is -2.17. The predicted octanol–water partition coefficient (Wildman–Crippen LogP) is 2.47. The zero-order valence-corrected chi connectivity index (χ0v) is 11.0. The summed E-state index contributed by atoms with van der Waals surface area (Å²) in [7, 11) is 1.55. The Kier molecular flexibility index (Phi) is 4.20. The van der Waals surface area contributed by atoms with Crippen LogP contribution in [-0.2, 0) is 4.79 Å². The first-order valence-electron chi connectivity index (χ1n) is 6.05. The van der Waals surface area contributed by atoms with Crippen LogP contribution in [0.25, 0.3) is 0 Å². The average Bonchev–Trinajstić information content (AvgIpc) is 2.44. The molecule has 1 atom stereocenters. The highest BCUT2D eigenvalue weighted by atomic mass is 19.1. The van der Waals surface area contributed by atoms with Crippen LogP contribution in [0.15, 0.2) is 48.5 Å². The second-order valence-corrected chi connectivity index (χ2v) is 4.27. The number of ether oxygens (including phenoxy) is 1. The van der Waals surface area contributed by atoms with Gasteiger partial charge in [0.25, 0.3) is 0 Å². The Morgan fingerprint density at radius 1 is 1.25 bits per heavy atom. The van der Waals surface area contributed by atoms with Crippen LogP contribution in [0.1, 0.15) is 11.6 Å². The van der Waals surface area contributed by atoms with Gasteiger partial charge in [-0.25, -0.2) is 4.39 Å².